The van der Waals surface area contributed by atoms with Crippen molar-refractivity contribution in [1.29, 1.82) is 0 Å². The summed E-state index contributed by atoms with van der Waals surface area (Å²) in [6.45, 7) is 0. The Bertz CT molecular complexity index is 1140. The highest BCUT2D eigenvalue weighted by Gasteiger charge is 2.30. The third-order valence-electron chi connectivity index (χ3n) is 4.06. The fourth-order valence-corrected chi connectivity index (χ4v) is 4.16. The van der Waals surface area contributed by atoms with Gasteiger partial charge in [0, 0.05) is 10.3 Å². The molecule has 8 nitrogen and oxygen atoms in total. The summed E-state index contributed by atoms with van der Waals surface area (Å²) in [6.07, 6.45) is 0. The van der Waals surface area contributed by atoms with Crippen molar-refractivity contribution in [3.63, 3.8) is 0 Å². The quantitative estimate of drug-likeness (QED) is 0.421. The van der Waals surface area contributed by atoms with E-state index in [0.29, 0.717) is 5.56 Å². The second kappa shape index (κ2) is 6.61. The van der Waals surface area contributed by atoms with Crippen LogP contribution < -0.4 is 16.9 Å². The summed E-state index contributed by atoms with van der Waals surface area (Å²) in [5.41, 5.74) is 10.00. The van der Waals surface area contributed by atoms with Gasteiger partial charge in [-0.1, -0.05) is 12.1 Å². The lowest BCUT2D eigenvalue weighted by molar-refractivity contribution is -0.118. The van der Waals surface area contributed by atoms with Gasteiger partial charge >= 0.3 is 0 Å². The summed E-state index contributed by atoms with van der Waals surface area (Å²) in [4.78, 5) is 36.9. The number of rotatable bonds is 4. The highest BCUT2D eigenvalue weighted by molar-refractivity contribution is 7.19. The molecule has 27 heavy (non-hydrogen) atoms. The van der Waals surface area contributed by atoms with Crippen LogP contribution in [0.15, 0.2) is 41.2 Å². The summed E-state index contributed by atoms with van der Waals surface area (Å²) < 4.78 is -0.00923. The lowest BCUT2D eigenvalue weighted by Crippen LogP contribution is -2.29. The average Bonchev–Trinajstić information content (AvgIpc) is 2.60. The number of fused-ring (bicyclic) bond motifs is 1. The molecule has 2 amide bonds. The molecule has 0 aliphatic carbocycles. The molecule has 0 bridgehead atoms. The van der Waals surface area contributed by atoms with Crippen molar-refractivity contribution in [3.05, 3.63) is 62.6 Å². The van der Waals surface area contributed by atoms with E-state index in [1.54, 1.807) is 0 Å². The van der Waals surface area contributed by atoms with E-state index in [2.05, 4.69) is 0 Å². The first-order valence-electron chi connectivity index (χ1n) is 7.62. The number of aromatic hydroxyl groups is 3. The maximum Gasteiger partial charge on any atom is 0.253 e. The van der Waals surface area contributed by atoms with E-state index in [1.165, 1.54) is 30.3 Å². The molecule has 0 radical (unpaired) electrons. The van der Waals surface area contributed by atoms with Gasteiger partial charge in [0.2, 0.25) is 11.3 Å². The minimum atomic E-state index is -1.23. The van der Waals surface area contributed by atoms with Gasteiger partial charge in [0.1, 0.15) is 11.3 Å². The Kier molecular flexibility index (Phi) is 4.46. The van der Waals surface area contributed by atoms with E-state index >= 15 is 0 Å². The molecular weight excluding hydrogens is 372 g/mol. The minimum Gasteiger partial charge on any atom is -0.508 e. The lowest BCUT2D eigenvalue weighted by atomic mass is 9.93. The van der Waals surface area contributed by atoms with Crippen molar-refractivity contribution < 1.29 is 24.9 Å². The minimum absolute atomic E-state index is 0.00923. The zero-order valence-electron chi connectivity index (χ0n) is 13.7. The maximum absolute atomic E-state index is 12.8. The third-order valence-corrected chi connectivity index (χ3v) is 5.34. The number of hydrogen-bond donors (Lipinski definition) is 5. The first kappa shape index (κ1) is 18.2. The highest BCUT2D eigenvalue weighted by Crippen LogP contribution is 2.40. The van der Waals surface area contributed by atoms with Gasteiger partial charge in [-0.25, -0.2) is 0 Å². The van der Waals surface area contributed by atoms with Gasteiger partial charge in [0.25, 0.3) is 5.91 Å². The lowest BCUT2D eigenvalue weighted by Gasteiger charge is -2.17. The molecule has 1 unspecified atom stereocenters. The number of nitrogens with two attached hydrogens (primary N) is 2. The molecule has 3 rings (SSSR count). The number of hydrogen-bond acceptors (Lipinski definition) is 7. The van der Waals surface area contributed by atoms with Gasteiger partial charge in [-0.05, 0) is 29.8 Å². The van der Waals surface area contributed by atoms with Crippen LogP contribution in [-0.2, 0) is 4.79 Å². The van der Waals surface area contributed by atoms with Gasteiger partial charge in [-0.3, -0.25) is 14.4 Å². The van der Waals surface area contributed by atoms with E-state index in [4.69, 9.17) is 11.5 Å². The molecule has 138 valence electrons. The molecule has 0 saturated heterocycles. The molecule has 1 heterocycles. The molecule has 1 atom stereocenters. The summed E-state index contributed by atoms with van der Waals surface area (Å²) in [6, 6.07) is 7.84. The van der Waals surface area contributed by atoms with Crippen LogP contribution in [0.3, 0.4) is 0 Å². The maximum atomic E-state index is 12.8. The molecule has 1 aromatic heterocycles. The van der Waals surface area contributed by atoms with E-state index in [-0.39, 0.29) is 20.7 Å². The number of benzene rings is 2. The summed E-state index contributed by atoms with van der Waals surface area (Å²) >= 11 is 0.758. The first-order valence-corrected chi connectivity index (χ1v) is 8.43. The van der Waals surface area contributed by atoms with Crippen LogP contribution in [0.2, 0.25) is 0 Å². The predicted octanol–water partition coefficient (Wildman–Crippen LogP) is 1.09. The second-order valence-electron chi connectivity index (χ2n) is 5.77. The Morgan fingerprint density at radius 3 is 2.15 bits per heavy atom. The number of primary amides is 2. The number of amides is 2. The monoisotopic (exact) mass is 386 g/mol. The topological polar surface area (TPSA) is 164 Å². The Morgan fingerprint density at radius 2 is 1.59 bits per heavy atom. The van der Waals surface area contributed by atoms with Crippen LogP contribution in [0.25, 0.3) is 10.1 Å². The van der Waals surface area contributed by atoms with Crippen LogP contribution in [0.5, 0.6) is 17.2 Å². The number of phenols is 3. The number of carbonyl (C=O) groups is 2. The van der Waals surface area contributed by atoms with Gasteiger partial charge in [-0.2, -0.15) is 0 Å². The Morgan fingerprint density at radius 1 is 0.963 bits per heavy atom. The second-order valence-corrected chi connectivity index (χ2v) is 6.82. The van der Waals surface area contributed by atoms with Crippen molar-refractivity contribution in [2.24, 2.45) is 11.5 Å². The number of phenolic OH excluding ortho intramolecular Hbond substituents is 3. The first-order chi connectivity index (χ1) is 12.7. The molecule has 0 aliphatic heterocycles. The Hall–Kier alpha value is -3.59. The molecule has 9 heteroatoms. The molecule has 2 aromatic carbocycles. The van der Waals surface area contributed by atoms with Crippen molar-refractivity contribution in [2.45, 2.75) is 5.92 Å². The van der Waals surface area contributed by atoms with Crippen molar-refractivity contribution >= 4 is 33.2 Å². The smallest absolute Gasteiger partial charge is 0.253 e. The molecule has 0 aliphatic rings. The summed E-state index contributed by atoms with van der Waals surface area (Å²) in [7, 11) is 0. The zero-order valence-corrected chi connectivity index (χ0v) is 14.5. The summed E-state index contributed by atoms with van der Waals surface area (Å²) in [5.74, 6) is -4.20. The van der Waals surface area contributed by atoms with Crippen LogP contribution in [0, 0.1) is 0 Å². The Balaban J connectivity index is 2.43. The van der Waals surface area contributed by atoms with Gasteiger partial charge in [0.05, 0.1) is 10.6 Å². The normalized spacial score (nSPS) is 12.0. The molecule has 3 aromatic rings. The van der Waals surface area contributed by atoms with Crippen LogP contribution in [0.4, 0.5) is 0 Å². The van der Waals surface area contributed by atoms with Gasteiger partial charge in [-0.15, -0.1) is 11.3 Å². The van der Waals surface area contributed by atoms with Crippen LogP contribution in [-0.4, -0.2) is 27.1 Å². The standard InChI is InChI=1S/C18H14N2O6S/c19-17(25)11(7-1-3-8(21)4-2-7)16-12(18(20)26)13(23)9-5-6-10(22)14(24)15(9)27-16/h1-6,11,21-22,24H,(H2,19,25)(H2,20,26). The molecule has 0 saturated carbocycles. The van der Waals surface area contributed by atoms with Crippen LogP contribution >= 0.6 is 11.3 Å². The van der Waals surface area contributed by atoms with E-state index < -0.39 is 40.2 Å². The van der Waals surface area contributed by atoms with E-state index in [0.717, 1.165) is 17.4 Å². The number of carbonyl (C=O) groups excluding carboxylic acids is 2. The van der Waals surface area contributed by atoms with Gasteiger partial charge in [0.15, 0.2) is 11.5 Å². The SMILES string of the molecule is NC(=O)c1c(C(C(N)=O)c2ccc(O)cc2)sc2c(O)c(O)ccc2c1=O. The van der Waals surface area contributed by atoms with Crippen molar-refractivity contribution in [1.82, 2.24) is 0 Å². The molecule has 0 fully saturated rings. The Labute approximate surface area is 155 Å². The summed E-state index contributed by atoms with van der Waals surface area (Å²) in [5, 5.41) is 29.3. The largest absolute Gasteiger partial charge is 0.508 e. The zero-order chi connectivity index (χ0) is 19.9. The van der Waals surface area contributed by atoms with E-state index in [1.807, 2.05) is 0 Å². The van der Waals surface area contributed by atoms with Gasteiger partial charge < -0.3 is 26.8 Å². The fourth-order valence-electron chi connectivity index (χ4n) is 2.80. The fraction of sp³-hybridized carbons (Fsp3) is 0.0556. The third kappa shape index (κ3) is 3.04. The predicted molar refractivity (Wildman–Crippen MR) is 99.1 cm³/mol. The molecule has 7 N–H and O–H groups in total. The van der Waals surface area contributed by atoms with E-state index in [9.17, 15) is 29.7 Å². The molecular formula is C18H14N2O6S. The molecule has 0 spiro atoms. The van der Waals surface area contributed by atoms with Crippen molar-refractivity contribution in [3.8, 4) is 17.2 Å². The van der Waals surface area contributed by atoms with Crippen molar-refractivity contribution in [2.75, 3.05) is 0 Å². The highest BCUT2D eigenvalue weighted by atomic mass is 32.1. The average molecular weight is 386 g/mol. The van der Waals surface area contributed by atoms with Crippen LogP contribution in [0.1, 0.15) is 26.7 Å².